The van der Waals surface area contributed by atoms with Crippen LogP contribution < -0.4 is 0 Å². The molecule has 23 heavy (non-hydrogen) atoms. The number of amides is 1. The van der Waals surface area contributed by atoms with Gasteiger partial charge in [-0.3, -0.25) is 4.79 Å². The lowest BCUT2D eigenvalue weighted by molar-refractivity contribution is 0.0749. The number of hydrogen-bond donors (Lipinski definition) is 0. The molecule has 0 saturated heterocycles. The average molecular weight is 330 g/mol. The molecule has 4 nitrogen and oxygen atoms in total. The maximum Gasteiger partial charge on any atom is 0.254 e. The fourth-order valence-electron chi connectivity index (χ4n) is 2.67. The van der Waals surface area contributed by atoms with Crippen LogP contribution in [-0.2, 0) is 18.5 Å². The summed E-state index contributed by atoms with van der Waals surface area (Å²) in [6, 6.07) is 5.43. The number of hydrogen-bond acceptors (Lipinski definition) is 3. The van der Waals surface area contributed by atoms with Crippen molar-refractivity contribution in [3.8, 4) is 0 Å². The molecule has 0 atom stereocenters. The summed E-state index contributed by atoms with van der Waals surface area (Å²) < 4.78 is 0. The second-order valence-electron chi connectivity index (χ2n) is 6.99. The Hall–Kier alpha value is -1.94. The summed E-state index contributed by atoms with van der Waals surface area (Å²) in [4.78, 5) is 23.7. The van der Waals surface area contributed by atoms with Crippen LogP contribution in [0.3, 0.4) is 0 Å². The van der Waals surface area contributed by atoms with E-state index in [-0.39, 0.29) is 11.3 Å². The fourth-order valence-corrected chi connectivity index (χ4v) is 2.84. The standard InChI is InChI=1S/C18H20ClN3O/c1-11-13(6-5-7-14(11)19)16(23)22-9-12-8-20-17(18(2,3)4)21-15(12)10-22/h5-8H,9-10H2,1-4H3. The fraction of sp³-hybridized carbons (Fsp3) is 0.389. The molecular formula is C18H20ClN3O. The first-order valence-corrected chi connectivity index (χ1v) is 8.05. The third-order valence-corrected chi connectivity index (χ3v) is 4.52. The minimum Gasteiger partial charge on any atom is -0.328 e. The number of rotatable bonds is 1. The van der Waals surface area contributed by atoms with Gasteiger partial charge in [-0.1, -0.05) is 38.4 Å². The minimum atomic E-state index is -0.101. The zero-order valence-corrected chi connectivity index (χ0v) is 14.6. The molecular weight excluding hydrogens is 310 g/mol. The van der Waals surface area contributed by atoms with Crippen molar-refractivity contribution in [2.45, 2.75) is 46.2 Å². The molecule has 2 aromatic rings. The molecule has 0 radical (unpaired) electrons. The van der Waals surface area contributed by atoms with Gasteiger partial charge in [0.15, 0.2) is 0 Å². The van der Waals surface area contributed by atoms with Crippen LogP contribution in [-0.4, -0.2) is 20.8 Å². The molecule has 2 heterocycles. The van der Waals surface area contributed by atoms with E-state index in [1.54, 1.807) is 11.0 Å². The number of benzene rings is 1. The van der Waals surface area contributed by atoms with Crippen LogP contribution >= 0.6 is 11.6 Å². The van der Waals surface area contributed by atoms with E-state index in [0.29, 0.717) is 23.7 Å². The largest absolute Gasteiger partial charge is 0.328 e. The van der Waals surface area contributed by atoms with Crippen molar-refractivity contribution in [1.82, 2.24) is 14.9 Å². The zero-order chi connectivity index (χ0) is 16.8. The van der Waals surface area contributed by atoms with Gasteiger partial charge in [-0.25, -0.2) is 9.97 Å². The van der Waals surface area contributed by atoms with E-state index < -0.39 is 0 Å². The van der Waals surface area contributed by atoms with Gasteiger partial charge in [0.05, 0.1) is 12.2 Å². The average Bonchev–Trinajstić information content (AvgIpc) is 2.91. The van der Waals surface area contributed by atoms with Gasteiger partial charge >= 0.3 is 0 Å². The van der Waals surface area contributed by atoms with Crippen molar-refractivity contribution >= 4 is 17.5 Å². The quantitative estimate of drug-likeness (QED) is 0.797. The monoisotopic (exact) mass is 329 g/mol. The van der Waals surface area contributed by atoms with Crippen LogP contribution in [0.4, 0.5) is 0 Å². The summed E-state index contributed by atoms with van der Waals surface area (Å²) in [6.07, 6.45) is 1.85. The van der Waals surface area contributed by atoms with Crippen LogP contribution in [0.15, 0.2) is 24.4 Å². The Morgan fingerprint density at radius 3 is 2.70 bits per heavy atom. The highest BCUT2D eigenvalue weighted by Gasteiger charge is 2.28. The normalized spacial score (nSPS) is 14.0. The van der Waals surface area contributed by atoms with Gasteiger partial charge in [0.2, 0.25) is 0 Å². The molecule has 0 spiro atoms. The first kappa shape index (κ1) is 15.9. The van der Waals surface area contributed by atoms with Gasteiger partial charge in [-0.2, -0.15) is 0 Å². The Kier molecular flexibility index (Phi) is 3.88. The van der Waals surface area contributed by atoms with E-state index in [4.69, 9.17) is 11.6 Å². The van der Waals surface area contributed by atoms with Gasteiger partial charge in [0.1, 0.15) is 5.82 Å². The highest BCUT2D eigenvalue weighted by molar-refractivity contribution is 6.31. The van der Waals surface area contributed by atoms with Crippen molar-refractivity contribution < 1.29 is 4.79 Å². The number of halogens is 1. The molecule has 1 aliphatic rings. The molecule has 5 heteroatoms. The van der Waals surface area contributed by atoms with Gasteiger partial charge in [-0.15, -0.1) is 0 Å². The summed E-state index contributed by atoms with van der Waals surface area (Å²) >= 11 is 6.13. The lowest BCUT2D eigenvalue weighted by Gasteiger charge is -2.17. The van der Waals surface area contributed by atoms with E-state index in [0.717, 1.165) is 22.6 Å². The van der Waals surface area contributed by atoms with Crippen molar-refractivity contribution in [2.24, 2.45) is 0 Å². The third kappa shape index (κ3) is 2.95. The molecule has 1 aromatic heterocycles. The molecule has 120 valence electrons. The molecule has 1 aromatic carbocycles. The van der Waals surface area contributed by atoms with Gasteiger partial charge in [0.25, 0.3) is 5.91 Å². The van der Waals surface area contributed by atoms with Crippen molar-refractivity contribution in [2.75, 3.05) is 0 Å². The van der Waals surface area contributed by atoms with Gasteiger partial charge in [0, 0.05) is 34.3 Å². The number of carbonyl (C=O) groups is 1. The minimum absolute atomic E-state index is 0.0136. The van der Waals surface area contributed by atoms with E-state index in [1.165, 1.54) is 0 Å². The van der Waals surface area contributed by atoms with E-state index >= 15 is 0 Å². The molecule has 0 aliphatic carbocycles. The topological polar surface area (TPSA) is 46.1 Å². The van der Waals surface area contributed by atoms with Crippen LogP contribution in [0, 0.1) is 6.92 Å². The summed E-state index contributed by atoms with van der Waals surface area (Å²) in [7, 11) is 0. The van der Waals surface area contributed by atoms with Crippen molar-refractivity contribution in [3.05, 3.63) is 57.6 Å². The highest BCUT2D eigenvalue weighted by Crippen LogP contribution is 2.27. The predicted octanol–water partition coefficient (Wildman–Crippen LogP) is 3.89. The van der Waals surface area contributed by atoms with Gasteiger partial charge < -0.3 is 4.90 Å². The number of aromatic nitrogens is 2. The first-order chi connectivity index (χ1) is 10.8. The number of fused-ring (bicyclic) bond motifs is 1. The zero-order valence-electron chi connectivity index (χ0n) is 13.9. The van der Waals surface area contributed by atoms with Crippen molar-refractivity contribution in [1.29, 1.82) is 0 Å². The molecule has 0 saturated carbocycles. The summed E-state index contributed by atoms with van der Waals surface area (Å²) in [6.45, 7) is 9.19. The summed E-state index contributed by atoms with van der Waals surface area (Å²) in [5.74, 6) is 0.796. The Balaban J connectivity index is 1.87. The molecule has 0 N–H and O–H groups in total. The Morgan fingerprint density at radius 1 is 1.26 bits per heavy atom. The second-order valence-corrected chi connectivity index (χ2v) is 7.40. The van der Waals surface area contributed by atoms with Gasteiger partial charge in [-0.05, 0) is 24.6 Å². The maximum atomic E-state index is 12.8. The maximum absolute atomic E-state index is 12.8. The first-order valence-electron chi connectivity index (χ1n) is 7.67. The van der Waals surface area contributed by atoms with Crippen LogP contribution in [0.1, 0.15) is 53.8 Å². The summed E-state index contributed by atoms with van der Waals surface area (Å²) in [5.41, 5.74) is 3.32. The van der Waals surface area contributed by atoms with E-state index in [2.05, 4.69) is 30.7 Å². The molecule has 0 fully saturated rings. The van der Waals surface area contributed by atoms with Crippen LogP contribution in [0.25, 0.3) is 0 Å². The Labute approximate surface area is 141 Å². The Bertz CT molecular complexity index is 780. The number of nitrogens with zero attached hydrogens (tertiary/aromatic N) is 3. The summed E-state index contributed by atoms with van der Waals surface area (Å²) in [5, 5.41) is 0.613. The number of carbonyl (C=O) groups excluding carboxylic acids is 1. The molecule has 0 bridgehead atoms. The molecule has 1 amide bonds. The third-order valence-electron chi connectivity index (χ3n) is 4.11. The highest BCUT2D eigenvalue weighted by atomic mass is 35.5. The van der Waals surface area contributed by atoms with E-state index in [9.17, 15) is 4.79 Å². The van der Waals surface area contributed by atoms with Crippen LogP contribution in [0.2, 0.25) is 5.02 Å². The molecule has 3 rings (SSSR count). The van der Waals surface area contributed by atoms with Crippen molar-refractivity contribution in [3.63, 3.8) is 0 Å². The SMILES string of the molecule is Cc1c(Cl)cccc1C(=O)N1Cc2cnc(C(C)(C)C)nc2C1. The lowest BCUT2D eigenvalue weighted by atomic mass is 9.95. The predicted molar refractivity (Wildman–Crippen MR) is 90.5 cm³/mol. The van der Waals surface area contributed by atoms with Crippen LogP contribution in [0.5, 0.6) is 0 Å². The molecule has 0 unspecified atom stereocenters. The lowest BCUT2D eigenvalue weighted by Crippen LogP contribution is -2.26. The Morgan fingerprint density at radius 2 is 2.00 bits per heavy atom. The molecule has 1 aliphatic heterocycles. The second kappa shape index (κ2) is 5.60. The smallest absolute Gasteiger partial charge is 0.254 e. The van der Waals surface area contributed by atoms with E-state index in [1.807, 2.05) is 25.3 Å².